The van der Waals surface area contributed by atoms with Crippen LogP contribution in [0.2, 0.25) is 5.02 Å². The van der Waals surface area contributed by atoms with E-state index < -0.39 is 0 Å². The molecule has 1 aromatic heterocycles. The van der Waals surface area contributed by atoms with Gasteiger partial charge in [-0.3, -0.25) is 0 Å². The molecule has 4 nitrogen and oxygen atoms in total. The Morgan fingerprint density at radius 3 is 2.31 bits per heavy atom. The maximum atomic E-state index is 6.29. The molecule has 0 radical (unpaired) electrons. The molecule has 2 heterocycles. The molecular weight excluding hydrogens is 400 g/mol. The van der Waals surface area contributed by atoms with Crippen molar-refractivity contribution in [2.24, 2.45) is 5.41 Å². The van der Waals surface area contributed by atoms with Crippen LogP contribution in [0.15, 0.2) is 64.8 Å². The average molecular weight is 423 g/mol. The van der Waals surface area contributed by atoms with E-state index in [9.17, 15) is 0 Å². The zero-order valence-electron chi connectivity index (χ0n) is 16.1. The Morgan fingerprint density at radius 1 is 0.931 bits per heavy atom. The number of hydrogen-bond donors (Lipinski definition) is 1. The normalized spacial score (nSPS) is 17.5. The second kappa shape index (κ2) is 7.54. The summed E-state index contributed by atoms with van der Waals surface area (Å²) in [5.74, 6) is 0.957. The highest BCUT2D eigenvalue weighted by Crippen LogP contribution is 2.45. The highest BCUT2D eigenvalue weighted by atomic mass is 35.5. The molecule has 2 aliphatic rings. The molecule has 5 rings (SSSR count). The predicted octanol–water partition coefficient (Wildman–Crippen LogP) is 5.25. The molecule has 0 amide bonds. The van der Waals surface area contributed by atoms with Gasteiger partial charge in [0.25, 0.3) is 0 Å². The lowest BCUT2D eigenvalue weighted by Gasteiger charge is -2.39. The highest BCUT2D eigenvalue weighted by molar-refractivity contribution is 7.99. The number of nitrogens with zero attached hydrogens (tertiary/aromatic N) is 3. The lowest BCUT2D eigenvalue weighted by molar-refractivity contribution is 0.232. The molecule has 29 heavy (non-hydrogen) atoms. The van der Waals surface area contributed by atoms with E-state index in [1.807, 2.05) is 24.5 Å². The molecule has 6 heteroatoms. The van der Waals surface area contributed by atoms with Gasteiger partial charge in [-0.25, -0.2) is 9.97 Å². The van der Waals surface area contributed by atoms with Gasteiger partial charge in [-0.15, -0.1) is 0 Å². The van der Waals surface area contributed by atoms with E-state index in [1.54, 1.807) is 17.2 Å². The number of anilines is 2. The first kappa shape index (κ1) is 18.8. The first-order chi connectivity index (χ1) is 14.1. The molecule has 2 N–H and O–H groups in total. The second-order valence-corrected chi connectivity index (χ2v) is 9.52. The van der Waals surface area contributed by atoms with Crippen LogP contribution in [0, 0.1) is 5.41 Å². The fourth-order valence-electron chi connectivity index (χ4n) is 4.58. The molecule has 0 atom stereocenters. The van der Waals surface area contributed by atoms with Crippen molar-refractivity contribution in [1.82, 2.24) is 9.97 Å². The summed E-state index contributed by atoms with van der Waals surface area (Å²) in [5, 5.41) is 1.39. The van der Waals surface area contributed by atoms with Crippen molar-refractivity contribution in [3.8, 4) is 0 Å². The summed E-state index contributed by atoms with van der Waals surface area (Å²) in [7, 11) is 0. The quantitative estimate of drug-likeness (QED) is 0.584. The summed E-state index contributed by atoms with van der Waals surface area (Å²) in [6.45, 7) is 2.08. The smallest absolute Gasteiger partial charge is 0.147 e. The fourth-order valence-corrected chi connectivity index (χ4v) is 5.61. The Bertz CT molecular complexity index is 1000. The van der Waals surface area contributed by atoms with Crippen LogP contribution in [-0.2, 0) is 12.8 Å². The van der Waals surface area contributed by atoms with E-state index >= 15 is 0 Å². The van der Waals surface area contributed by atoms with Crippen LogP contribution in [-0.4, -0.2) is 23.1 Å². The van der Waals surface area contributed by atoms with E-state index in [2.05, 4.69) is 39.1 Å². The van der Waals surface area contributed by atoms with Crippen molar-refractivity contribution in [1.29, 1.82) is 0 Å². The molecule has 2 aromatic carbocycles. The Kier molecular flexibility index (Phi) is 4.88. The minimum absolute atomic E-state index is 0.438. The summed E-state index contributed by atoms with van der Waals surface area (Å²) in [6.07, 6.45) is 8.56. The highest BCUT2D eigenvalue weighted by Gasteiger charge is 2.39. The predicted molar refractivity (Wildman–Crippen MR) is 120 cm³/mol. The lowest BCUT2D eigenvalue weighted by atomic mass is 9.76. The van der Waals surface area contributed by atoms with Gasteiger partial charge in [0.2, 0.25) is 0 Å². The van der Waals surface area contributed by atoms with Gasteiger partial charge in [-0.2, -0.15) is 0 Å². The number of nitrogens with two attached hydrogens (primary N) is 1. The standard InChI is InChI=1S/C23H23ClN4S/c24-22-18(25)6-3-7-19(22)29-21-15-26-20(14-27-21)28-10-8-23(9-11-28)12-16-4-1-2-5-17(16)13-23/h1-7,14-15H,8-13,25H2. The van der Waals surface area contributed by atoms with Crippen LogP contribution in [0.4, 0.5) is 11.5 Å². The molecular formula is C23H23ClN4S. The number of aromatic nitrogens is 2. The Balaban J connectivity index is 1.24. The molecule has 0 saturated carbocycles. The third-order valence-corrected chi connectivity index (χ3v) is 7.73. The number of hydrogen-bond acceptors (Lipinski definition) is 5. The first-order valence-electron chi connectivity index (χ1n) is 9.98. The largest absolute Gasteiger partial charge is 0.397 e. The molecule has 1 aliphatic heterocycles. The number of piperidine rings is 1. The number of benzene rings is 2. The van der Waals surface area contributed by atoms with Gasteiger partial charge >= 0.3 is 0 Å². The van der Waals surface area contributed by atoms with Crippen LogP contribution < -0.4 is 10.6 Å². The topological polar surface area (TPSA) is 55.0 Å². The molecule has 3 aromatic rings. The maximum absolute atomic E-state index is 6.29. The minimum Gasteiger partial charge on any atom is -0.397 e. The van der Waals surface area contributed by atoms with Gasteiger partial charge < -0.3 is 10.6 Å². The monoisotopic (exact) mass is 422 g/mol. The van der Waals surface area contributed by atoms with Crippen molar-refractivity contribution in [3.05, 3.63) is 71.0 Å². The Morgan fingerprint density at radius 2 is 1.66 bits per heavy atom. The van der Waals surface area contributed by atoms with Crippen LogP contribution >= 0.6 is 23.4 Å². The molecule has 1 spiro atoms. The zero-order valence-corrected chi connectivity index (χ0v) is 17.7. The number of nitrogen functional groups attached to an aromatic ring is 1. The van der Waals surface area contributed by atoms with Gasteiger partial charge in [-0.05, 0) is 54.4 Å². The lowest BCUT2D eigenvalue weighted by Crippen LogP contribution is -2.41. The van der Waals surface area contributed by atoms with Gasteiger partial charge in [0.15, 0.2) is 0 Å². The van der Waals surface area contributed by atoms with E-state index in [0.717, 1.165) is 28.8 Å². The summed E-state index contributed by atoms with van der Waals surface area (Å²) in [6, 6.07) is 14.6. The van der Waals surface area contributed by atoms with Crippen LogP contribution in [0.1, 0.15) is 24.0 Å². The van der Waals surface area contributed by atoms with E-state index in [0.29, 0.717) is 16.1 Å². The molecule has 148 valence electrons. The average Bonchev–Trinajstić information content (AvgIpc) is 3.10. The van der Waals surface area contributed by atoms with Crippen LogP contribution in [0.25, 0.3) is 0 Å². The Hall–Kier alpha value is -2.24. The second-order valence-electron chi connectivity index (χ2n) is 8.08. The molecule has 1 fully saturated rings. The van der Waals surface area contributed by atoms with Gasteiger partial charge in [-0.1, -0.05) is 53.7 Å². The molecule has 0 unspecified atom stereocenters. The fraction of sp³-hybridized carbons (Fsp3) is 0.304. The van der Waals surface area contributed by atoms with Crippen molar-refractivity contribution in [2.75, 3.05) is 23.7 Å². The van der Waals surface area contributed by atoms with Crippen molar-refractivity contribution < 1.29 is 0 Å². The summed E-state index contributed by atoms with van der Waals surface area (Å²) in [4.78, 5) is 12.5. The van der Waals surface area contributed by atoms with Crippen molar-refractivity contribution >= 4 is 34.9 Å². The third-order valence-electron chi connectivity index (χ3n) is 6.22. The van der Waals surface area contributed by atoms with Crippen LogP contribution in [0.3, 0.4) is 0 Å². The summed E-state index contributed by atoms with van der Waals surface area (Å²) in [5.41, 5.74) is 9.99. The van der Waals surface area contributed by atoms with Gasteiger partial charge in [0, 0.05) is 18.0 Å². The Labute approximate surface area is 180 Å². The molecule has 1 aliphatic carbocycles. The van der Waals surface area contributed by atoms with E-state index in [-0.39, 0.29) is 0 Å². The minimum atomic E-state index is 0.438. The first-order valence-corrected chi connectivity index (χ1v) is 11.2. The van der Waals surface area contributed by atoms with E-state index in [1.165, 1.54) is 37.4 Å². The van der Waals surface area contributed by atoms with Gasteiger partial charge in [0.1, 0.15) is 10.8 Å². The maximum Gasteiger partial charge on any atom is 0.147 e. The van der Waals surface area contributed by atoms with Gasteiger partial charge in [0.05, 0.1) is 23.1 Å². The van der Waals surface area contributed by atoms with Crippen molar-refractivity contribution in [3.63, 3.8) is 0 Å². The van der Waals surface area contributed by atoms with Crippen molar-refractivity contribution in [2.45, 2.75) is 35.6 Å². The molecule has 1 saturated heterocycles. The zero-order chi connectivity index (χ0) is 19.8. The molecule has 0 bridgehead atoms. The van der Waals surface area contributed by atoms with E-state index in [4.69, 9.17) is 17.3 Å². The SMILES string of the molecule is Nc1cccc(Sc2cnc(N3CCC4(CC3)Cc3ccccc3C4)cn2)c1Cl. The van der Waals surface area contributed by atoms with Crippen LogP contribution in [0.5, 0.6) is 0 Å². The number of fused-ring (bicyclic) bond motifs is 1. The number of halogens is 1. The summed E-state index contributed by atoms with van der Waals surface area (Å²) >= 11 is 7.77. The number of rotatable bonds is 3. The third kappa shape index (κ3) is 3.69. The summed E-state index contributed by atoms with van der Waals surface area (Å²) < 4.78 is 0.